The largest absolute Gasteiger partial charge is 0.347 e. The molecule has 0 fully saturated rings. The predicted molar refractivity (Wildman–Crippen MR) is 127 cm³/mol. The number of amides is 4. The quantitative estimate of drug-likeness (QED) is 0.515. The van der Waals surface area contributed by atoms with Gasteiger partial charge in [-0.15, -0.1) is 0 Å². The summed E-state index contributed by atoms with van der Waals surface area (Å²) in [7, 11) is 5.09. The smallest absolute Gasteiger partial charge is 0.314 e. The first-order valence-corrected chi connectivity index (χ1v) is 11.0. The summed E-state index contributed by atoms with van der Waals surface area (Å²) in [6.45, 7) is 1.43. The summed E-state index contributed by atoms with van der Waals surface area (Å²) in [6.07, 6.45) is 2.24. The van der Waals surface area contributed by atoms with E-state index in [4.69, 9.17) is 11.6 Å². The van der Waals surface area contributed by atoms with Crippen LogP contribution in [0.15, 0.2) is 36.5 Å². The Kier molecular flexibility index (Phi) is 8.19. The lowest BCUT2D eigenvalue weighted by atomic mass is 9.97. The van der Waals surface area contributed by atoms with Crippen LogP contribution >= 0.6 is 11.6 Å². The van der Waals surface area contributed by atoms with Gasteiger partial charge in [0.2, 0.25) is 5.91 Å². The fourth-order valence-electron chi connectivity index (χ4n) is 3.49. The van der Waals surface area contributed by atoms with E-state index in [0.717, 1.165) is 25.1 Å². The average molecular weight is 487 g/mol. The van der Waals surface area contributed by atoms with Gasteiger partial charge in [-0.1, -0.05) is 17.7 Å². The first-order valence-electron chi connectivity index (χ1n) is 10.7. The Morgan fingerprint density at radius 2 is 1.88 bits per heavy atom. The van der Waals surface area contributed by atoms with Crippen molar-refractivity contribution in [3.05, 3.63) is 58.2 Å². The minimum atomic E-state index is -1.06. The highest BCUT2D eigenvalue weighted by Crippen LogP contribution is 2.19. The van der Waals surface area contributed by atoms with Gasteiger partial charge in [-0.05, 0) is 48.9 Å². The lowest BCUT2D eigenvalue weighted by Crippen LogP contribution is -2.53. The number of hydrogen-bond donors (Lipinski definition) is 3. The van der Waals surface area contributed by atoms with Gasteiger partial charge in [0.25, 0.3) is 5.91 Å². The van der Waals surface area contributed by atoms with E-state index >= 15 is 0 Å². The minimum absolute atomic E-state index is 0.150. The molecule has 1 unspecified atom stereocenters. The molecular weight excluding hydrogens is 460 g/mol. The zero-order valence-corrected chi connectivity index (χ0v) is 20.0. The molecule has 4 amide bonds. The van der Waals surface area contributed by atoms with E-state index in [0.29, 0.717) is 10.6 Å². The second-order valence-electron chi connectivity index (χ2n) is 8.26. The Morgan fingerprint density at radius 3 is 2.56 bits per heavy atom. The van der Waals surface area contributed by atoms with E-state index in [1.54, 1.807) is 6.07 Å². The van der Waals surface area contributed by atoms with E-state index in [2.05, 4.69) is 25.8 Å². The van der Waals surface area contributed by atoms with Crippen molar-refractivity contribution in [2.75, 3.05) is 39.5 Å². The molecule has 0 saturated carbocycles. The first-order chi connectivity index (χ1) is 16.1. The third-order valence-electron chi connectivity index (χ3n) is 5.36. The number of nitrogens with zero attached hydrogens (tertiary/aromatic N) is 3. The van der Waals surface area contributed by atoms with E-state index < -0.39 is 29.7 Å². The van der Waals surface area contributed by atoms with Gasteiger partial charge in [0.05, 0.1) is 5.02 Å². The molecule has 0 aliphatic carbocycles. The fraction of sp³-hybridized carbons (Fsp3) is 0.348. The molecule has 34 heavy (non-hydrogen) atoms. The van der Waals surface area contributed by atoms with Crippen LogP contribution in [-0.4, -0.2) is 78.7 Å². The third kappa shape index (κ3) is 6.52. The zero-order chi connectivity index (χ0) is 24.8. The van der Waals surface area contributed by atoms with E-state index in [1.165, 1.54) is 42.9 Å². The second kappa shape index (κ2) is 11.1. The van der Waals surface area contributed by atoms with Gasteiger partial charge in [-0.3, -0.25) is 19.2 Å². The molecule has 0 spiro atoms. The Morgan fingerprint density at radius 1 is 1.12 bits per heavy atom. The topological polar surface area (TPSA) is 124 Å². The van der Waals surface area contributed by atoms with Crippen molar-refractivity contribution in [1.82, 2.24) is 25.4 Å². The van der Waals surface area contributed by atoms with E-state index in [1.807, 2.05) is 19.2 Å². The number of rotatable bonds is 6. The molecule has 10 nitrogen and oxygen atoms in total. The van der Waals surface area contributed by atoms with Gasteiger partial charge >= 0.3 is 11.8 Å². The van der Waals surface area contributed by atoms with Gasteiger partial charge in [0.15, 0.2) is 0 Å². The molecule has 0 radical (unpaired) electrons. The molecule has 3 N–H and O–H groups in total. The van der Waals surface area contributed by atoms with Crippen LogP contribution in [0.25, 0.3) is 0 Å². The number of nitrogens with one attached hydrogen (secondary N) is 3. The summed E-state index contributed by atoms with van der Waals surface area (Å²) < 4.78 is 0. The van der Waals surface area contributed by atoms with Crippen molar-refractivity contribution in [3.63, 3.8) is 0 Å². The molecular formula is C23H27ClN6O4. The Bertz CT molecular complexity index is 1090. The fourth-order valence-corrected chi connectivity index (χ4v) is 3.60. The second-order valence-corrected chi connectivity index (χ2v) is 8.69. The molecule has 0 saturated heterocycles. The van der Waals surface area contributed by atoms with Crippen LogP contribution in [0, 0.1) is 0 Å². The maximum Gasteiger partial charge on any atom is 0.314 e. The molecule has 1 atom stereocenters. The lowest BCUT2D eigenvalue weighted by Gasteiger charge is -2.26. The molecule has 1 aromatic carbocycles. The van der Waals surface area contributed by atoms with Gasteiger partial charge in [0, 0.05) is 45.5 Å². The van der Waals surface area contributed by atoms with Gasteiger partial charge in [0.1, 0.15) is 11.9 Å². The first kappa shape index (κ1) is 25.1. The SMILES string of the molecule is CN1CCc2ccc(C(=O)NC(CNC(=O)C(=O)Nc3ccc(Cl)cn3)C(=O)N(C)C)cc2C1. The number of aromatic nitrogens is 1. The Labute approximate surface area is 202 Å². The standard InChI is InChI=1S/C23H27ClN6O4/c1-29(2)23(34)18(12-26-21(32)22(33)28-19-7-6-17(24)11-25-19)27-20(31)15-5-4-14-8-9-30(3)13-16(14)10-15/h4-7,10-11,18H,8-9,12-13H2,1-3H3,(H,26,32)(H,27,31)(H,25,28,33). The number of halogens is 1. The molecule has 180 valence electrons. The summed E-state index contributed by atoms with van der Waals surface area (Å²) >= 11 is 5.75. The van der Waals surface area contributed by atoms with Crippen LogP contribution in [0.2, 0.25) is 5.02 Å². The van der Waals surface area contributed by atoms with Crippen molar-refractivity contribution in [3.8, 4) is 0 Å². The number of likely N-dealkylation sites (N-methyl/N-ethyl adjacent to an activating group) is 2. The van der Waals surface area contributed by atoms with Gasteiger partial charge in [-0.2, -0.15) is 0 Å². The summed E-state index contributed by atoms with van der Waals surface area (Å²) in [5.74, 6) is -2.65. The van der Waals surface area contributed by atoms with Crippen LogP contribution in [0.1, 0.15) is 21.5 Å². The van der Waals surface area contributed by atoms with Crippen molar-refractivity contribution in [2.24, 2.45) is 0 Å². The number of fused-ring (bicyclic) bond motifs is 1. The number of carbonyl (C=O) groups is 4. The highest BCUT2D eigenvalue weighted by atomic mass is 35.5. The van der Waals surface area contributed by atoms with E-state index in [9.17, 15) is 19.2 Å². The molecule has 2 aromatic rings. The van der Waals surface area contributed by atoms with Gasteiger partial charge in [-0.25, -0.2) is 4.98 Å². The predicted octanol–water partition coefficient (Wildman–Crippen LogP) is 0.664. The summed E-state index contributed by atoms with van der Waals surface area (Å²) in [5.41, 5.74) is 2.69. The van der Waals surface area contributed by atoms with Gasteiger partial charge < -0.3 is 25.8 Å². The maximum atomic E-state index is 12.9. The minimum Gasteiger partial charge on any atom is -0.347 e. The normalized spacial score (nSPS) is 13.9. The molecule has 3 rings (SSSR count). The molecule has 0 bridgehead atoms. The highest BCUT2D eigenvalue weighted by Gasteiger charge is 2.26. The summed E-state index contributed by atoms with van der Waals surface area (Å²) in [6, 6.07) is 7.37. The summed E-state index contributed by atoms with van der Waals surface area (Å²) in [5, 5.41) is 7.77. The number of benzene rings is 1. The Hall–Kier alpha value is -3.50. The molecule has 2 heterocycles. The monoisotopic (exact) mass is 486 g/mol. The number of carbonyl (C=O) groups excluding carboxylic acids is 4. The van der Waals surface area contributed by atoms with Crippen LogP contribution in [0.5, 0.6) is 0 Å². The number of anilines is 1. The maximum absolute atomic E-state index is 12.9. The van der Waals surface area contributed by atoms with Crippen molar-refractivity contribution < 1.29 is 19.2 Å². The van der Waals surface area contributed by atoms with E-state index in [-0.39, 0.29) is 12.4 Å². The molecule has 1 aromatic heterocycles. The third-order valence-corrected chi connectivity index (χ3v) is 5.58. The Balaban J connectivity index is 1.64. The van der Waals surface area contributed by atoms with Crippen LogP contribution in [-0.2, 0) is 27.3 Å². The highest BCUT2D eigenvalue weighted by molar-refractivity contribution is 6.39. The number of pyridine rings is 1. The average Bonchev–Trinajstić information content (AvgIpc) is 2.81. The van der Waals surface area contributed by atoms with Crippen molar-refractivity contribution in [1.29, 1.82) is 0 Å². The lowest BCUT2D eigenvalue weighted by molar-refractivity contribution is -0.136. The molecule has 1 aliphatic heterocycles. The van der Waals surface area contributed by atoms with Crippen LogP contribution < -0.4 is 16.0 Å². The zero-order valence-electron chi connectivity index (χ0n) is 19.2. The van der Waals surface area contributed by atoms with Crippen molar-refractivity contribution in [2.45, 2.75) is 19.0 Å². The van der Waals surface area contributed by atoms with Crippen molar-refractivity contribution >= 4 is 41.0 Å². The molecule has 11 heteroatoms. The van der Waals surface area contributed by atoms with Crippen LogP contribution in [0.3, 0.4) is 0 Å². The molecule has 1 aliphatic rings. The van der Waals surface area contributed by atoms with Crippen LogP contribution in [0.4, 0.5) is 5.82 Å². The number of hydrogen-bond acceptors (Lipinski definition) is 6. The summed E-state index contributed by atoms with van der Waals surface area (Å²) in [4.78, 5) is 57.2.